The molecule has 0 heterocycles. The highest BCUT2D eigenvalue weighted by atomic mass is 16.1. The molecule has 0 aliphatic rings. The van der Waals surface area contributed by atoms with Crippen LogP contribution in [0.3, 0.4) is 0 Å². The summed E-state index contributed by atoms with van der Waals surface area (Å²) in [7, 11) is 0. The first-order valence-electron chi connectivity index (χ1n) is 8.07. The van der Waals surface area contributed by atoms with Gasteiger partial charge < -0.3 is 0 Å². The van der Waals surface area contributed by atoms with E-state index >= 15 is 0 Å². The van der Waals surface area contributed by atoms with Gasteiger partial charge in [0.15, 0.2) is 0 Å². The maximum Gasteiger partial charge on any atom is 0.141 e. The third-order valence-corrected chi connectivity index (χ3v) is 4.23. The van der Waals surface area contributed by atoms with Crippen molar-refractivity contribution in [1.29, 1.82) is 0 Å². The molecular weight excluding hydrogens is 272 g/mol. The largest absolute Gasteiger partial charge is 0.299 e. The van der Waals surface area contributed by atoms with Gasteiger partial charge in [0.2, 0.25) is 0 Å². The Labute approximate surface area is 135 Å². The molecule has 0 N–H and O–H groups in total. The van der Waals surface area contributed by atoms with Crippen molar-refractivity contribution in [3.8, 4) is 0 Å². The van der Waals surface area contributed by atoms with E-state index < -0.39 is 5.41 Å². The molecule has 0 aromatic heterocycles. The van der Waals surface area contributed by atoms with Crippen LogP contribution in [0.1, 0.15) is 66.4 Å². The number of Topliss-reactive ketones (excluding diaryl/α,β-unsaturated/α-hetero) is 2. The second-order valence-electron chi connectivity index (χ2n) is 8.30. The van der Waals surface area contributed by atoms with Crippen molar-refractivity contribution < 1.29 is 9.59 Å². The maximum absolute atomic E-state index is 12.7. The number of carbonyl (C=O) groups excluding carboxylic acids is 2. The summed E-state index contributed by atoms with van der Waals surface area (Å²) in [6, 6.07) is 9.94. The third kappa shape index (κ3) is 4.79. The zero-order chi connectivity index (χ0) is 17.1. The summed E-state index contributed by atoms with van der Waals surface area (Å²) >= 11 is 0. The molecule has 2 heteroatoms. The molecular formula is C20H30O2. The lowest BCUT2D eigenvalue weighted by molar-refractivity contribution is -0.132. The zero-order valence-electron chi connectivity index (χ0n) is 15.1. The van der Waals surface area contributed by atoms with Crippen LogP contribution in [-0.2, 0) is 9.59 Å². The molecule has 0 radical (unpaired) electrons. The van der Waals surface area contributed by atoms with Gasteiger partial charge in [-0.25, -0.2) is 0 Å². The molecule has 0 amide bonds. The predicted molar refractivity (Wildman–Crippen MR) is 91.9 cm³/mol. The third-order valence-electron chi connectivity index (χ3n) is 4.23. The normalized spacial score (nSPS) is 15.2. The number of hydrogen-bond donors (Lipinski definition) is 0. The lowest BCUT2D eigenvalue weighted by Crippen LogP contribution is -2.33. The molecule has 0 aliphatic heterocycles. The first-order chi connectivity index (χ1) is 9.94. The summed E-state index contributed by atoms with van der Waals surface area (Å²) in [6.07, 6.45) is 0.413. The molecule has 0 saturated carbocycles. The van der Waals surface area contributed by atoms with Crippen LogP contribution in [0.5, 0.6) is 0 Å². The summed E-state index contributed by atoms with van der Waals surface area (Å²) in [6.45, 7) is 13.6. The summed E-state index contributed by atoms with van der Waals surface area (Å²) in [4.78, 5) is 25.2. The lowest BCUT2D eigenvalue weighted by atomic mass is 9.72. The fourth-order valence-corrected chi connectivity index (χ4v) is 2.66. The Morgan fingerprint density at radius 2 is 1.41 bits per heavy atom. The van der Waals surface area contributed by atoms with Crippen molar-refractivity contribution in [1.82, 2.24) is 0 Å². The van der Waals surface area contributed by atoms with Crippen molar-refractivity contribution in [2.75, 3.05) is 0 Å². The van der Waals surface area contributed by atoms with E-state index in [2.05, 4.69) is 0 Å². The monoisotopic (exact) mass is 302 g/mol. The first kappa shape index (κ1) is 18.6. The maximum atomic E-state index is 12.7. The van der Waals surface area contributed by atoms with Gasteiger partial charge in [-0.2, -0.15) is 0 Å². The topological polar surface area (TPSA) is 34.1 Å². The molecule has 2 atom stereocenters. The van der Waals surface area contributed by atoms with Crippen LogP contribution in [0.15, 0.2) is 30.3 Å². The van der Waals surface area contributed by atoms with Gasteiger partial charge in [0.05, 0.1) is 0 Å². The van der Waals surface area contributed by atoms with Crippen molar-refractivity contribution >= 4 is 11.6 Å². The van der Waals surface area contributed by atoms with Crippen LogP contribution < -0.4 is 0 Å². The minimum absolute atomic E-state index is 0.0559. The molecule has 1 rings (SSSR count). The Morgan fingerprint density at radius 3 is 1.82 bits per heavy atom. The Kier molecular flexibility index (Phi) is 5.72. The minimum atomic E-state index is -0.392. The molecule has 2 unspecified atom stereocenters. The van der Waals surface area contributed by atoms with E-state index in [0.29, 0.717) is 6.42 Å². The molecule has 122 valence electrons. The summed E-state index contributed by atoms with van der Waals surface area (Å²) < 4.78 is 0. The van der Waals surface area contributed by atoms with Gasteiger partial charge in [0.25, 0.3) is 0 Å². The molecule has 0 aliphatic carbocycles. The summed E-state index contributed by atoms with van der Waals surface area (Å²) in [5.74, 6) is 0.186. The quantitative estimate of drug-likeness (QED) is 0.764. The summed E-state index contributed by atoms with van der Waals surface area (Å²) in [5, 5.41) is 0. The molecule has 22 heavy (non-hydrogen) atoms. The molecule has 0 fully saturated rings. The lowest BCUT2D eigenvalue weighted by Gasteiger charge is -2.30. The van der Waals surface area contributed by atoms with Crippen molar-refractivity contribution in [3.05, 3.63) is 35.9 Å². The van der Waals surface area contributed by atoms with Crippen LogP contribution in [0.4, 0.5) is 0 Å². The van der Waals surface area contributed by atoms with E-state index in [-0.39, 0.29) is 28.8 Å². The highest BCUT2D eigenvalue weighted by Gasteiger charge is 2.35. The minimum Gasteiger partial charge on any atom is -0.299 e. The fourth-order valence-electron chi connectivity index (χ4n) is 2.66. The number of ketones is 2. The number of rotatable bonds is 5. The Morgan fingerprint density at radius 1 is 0.909 bits per heavy atom. The van der Waals surface area contributed by atoms with Crippen LogP contribution in [0.2, 0.25) is 0 Å². The van der Waals surface area contributed by atoms with Crippen LogP contribution in [0.25, 0.3) is 0 Å². The van der Waals surface area contributed by atoms with Crippen molar-refractivity contribution in [2.45, 2.75) is 60.8 Å². The van der Waals surface area contributed by atoms with E-state index in [9.17, 15) is 9.59 Å². The van der Waals surface area contributed by atoms with Gasteiger partial charge in [0, 0.05) is 29.1 Å². The SMILES string of the molecule is CC(C(=O)C(C)(C)C)C(CC(=O)C(C)(C)C)c1ccccc1. The molecule has 0 saturated heterocycles. The van der Waals surface area contributed by atoms with Gasteiger partial charge in [-0.05, 0) is 5.56 Å². The number of hydrogen-bond acceptors (Lipinski definition) is 2. The fraction of sp³-hybridized carbons (Fsp3) is 0.600. The second kappa shape index (κ2) is 6.76. The van der Waals surface area contributed by atoms with Gasteiger partial charge in [-0.3, -0.25) is 9.59 Å². The Balaban J connectivity index is 3.13. The van der Waals surface area contributed by atoms with Crippen LogP contribution >= 0.6 is 0 Å². The Bertz CT molecular complexity index is 515. The van der Waals surface area contributed by atoms with Gasteiger partial charge in [0.1, 0.15) is 11.6 Å². The van der Waals surface area contributed by atoms with Gasteiger partial charge >= 0.3 is 0 Å². The van der Waals surface area contributed by atoms with E-state index in [0.717, 1.165) is 5.56 Å². The highest BCUT2D eigenvalue weighted by Crippen LogP contribution is 2.35. The Hall–Kier alpha value is -1.44. The second-order valence-corrected chi connectivity index (χ2v) is 8.30. The van der Waals surface area contributed by atoms with E-state index in [1.54, 1.807) is 0 Å². The average molecular weight is 302 g/mol. The number of benzene rings is 1. The highest BCUT2D eigenvalue weighted by molar-refractivity contribution is 5.89. The summed E-state index contributed by atoms with van der Waals surface area (Å²) in [5.41, 5.74) is 0.305. The predicted octanol–water partition coefficient (Wildman–Crippen LogP) is 5.03. The zero-order valence-corrected chi connectivity index (χ0v) is 15.1. The van der Waals surface area contributed by atoms with Gasteiger partial charge in [-0.15, -0.1) is 0 Å². The molecule has 2 nitrogen and oxygen atoms in total. The van der Waals surface area contributed by atoms with Gasteiger partial charge in [-0.1, -0.05) is 78.8 Å². The standard InChI is InChI=1S/C20H30O2/c1-14(18(22)20(5,6)7)16(13-17(21)19(2,3)4)15-11-9-8-10-12-15/h8-12,14,16H,13H2,1-7H3. The van der Waals surface area contributed by atoms with Crippen molar-refractivity contribution in [2.24, 2.45) is 16.7 Å². The first-order valence-corrected chi connectivity index (χ1v) is 8.07. The van der Waals surface area contributed by atoms with Crippen LogP contribution in [-0.4, -0.2) is 11.6 Å². The molecule has 0 spiro atoms. The van der Waals surface area contributed by atoms with Crippen LogP contribution in [0, 0.1) is 16.7 Å². The van der Waals surface area contributed by atoms with Crippen molar-refractivity contribution in [3.63, 3.8) is 0 Å². The van der Waals surface area contributed by atoms with E-state index in [4.69, 9.17) is 0 Å². The smallest absolute Gasteiger partial charge is 0.141 e. The molecule has 1 aromatic rings. The average Bonchev–Trinajstić information content (AvgIpc) is 2.41. The van der Waals surface area contributed by atoms with E-state index in [1.165, 1.54) is 0 Å². The molecule has 1 aromatic carbocycles. The number of carbonyl (C=O) groups is 2. The van der Waals surface area contributed by atoms with E-state index in [1.807, 2.05) is 78.8 Å². The molecule has 0 bridgehead atoms.